The van der Waals surface area contributed by atoms with Crippen LogP contribution in [-0.2, 0) is 0 Å². The van der Waals surface area contributed by atoms with Crippen molar-refractivity contribution >= 4 is 17.2 Å². The number of hydrogen-bond acceptors (Lipinski definition) is 3. The molecule has 1 aliphatic rings. The summed E-state index contributed by atoms with van der Waals surface area (Å²) >= 11 is 1.55. The van der Waals surface area contributed by atoms with Crippen molar-refractivity contribution in [3.05, 3.63) is 58.3 Å². The van der Waals surface area contributed by atoms with E-state index in [1.54, 1.807) is 11.3 Å². The van der Waals surface area contributed by atoms with Gasteiger partial charge in [-0.3, -0.25) is 4.79 Å². The lowest BCUT2D eigenvalue weighted by Crippen LogP contribution is -2.36. The normalized spacial score (nSPS) is 16.8. The molecule has 0 radical (unpaired) electrons. The predicted molar refractivity (Wildman–Crippen MR) is 86.6 cm³/mol. The standard InChI is InChI=1S/C17H20N2OS/c20-17(15-8-11-21-13-15)18-16(12-19-9-4-5-10-19)14-6-2-1-3-7-14/h1-3,6-8,11,13,16H,4-5,9-10,12H2,(H,18,20). The van der Waals surface area contributed by atoms with E-state index in [0.29, 0.717) is 0 Å². The lowest BCUT2D eigenvalue weighted by Gasteiger charge is -2.24. The molecule has 1 aromatic heterocycles. The molecule has 0 bridgehead atoms. The average molecular weight is 300 g/mol. The number of likely N-dealkylation sites (tertiary alicyclic amines) is 1. The van der Waals surface area contributed by atoms with Gasteiger partial charge in [-0.2, -0.15) is 11.3 Å². The zero-order chi connectivity index (χ0) is 14.5. The fourth-order valence-corrected chi connectivity index (χ4v) is 3.41. The van der Waals surface area contributed by atoms with E-state index >= 15 is 0 Å². The molecule has 0 aliphatic carbocycles. The number of thiophene rings is 1. The summed E-state index contributed by atoms with van der Waals surface area (Å²) in [7, 11) is 0. The topological polar surface area (TPSA) is 32.3 Å². The van der Waals surface area contributed by atoms with Crippen molar-refractivity contribution in [3.8, 4) is 0 Å². The van der Waals surface area contributed by atoms with E-state index < -0.39 is 0 Å². The first kappa shape index (κ1) is 14.3. The number of rotatable bonds is 5. The van der Waals surface area contributed by atoms with Gasteiger partial charge in [0.2, 0.25) is 0 Å². The molecule has 1 amide bonds. The van der Waals surface area contributed by atoms with E-state index in [4.69, 9.17) is 0 Å². The lowest BCUT2D eigenvalue weighted by atomic mass is 10.1. The minimum absolute atomic E-state index is 0.0179. The molecule has 2 aromatic rings. The maximum absolute atomic E-state index is 12.3. The van der Waals surface area contributed by atoms with Gasteiger partial charge in [-0.05, 0) is 42.9 Å². The monoisotopic (exact) mass is 300 g/mol. The third-order valence-electron chi connectivity index (χ3n) is 3.93. The van der Waals surface area contributed by atoms with E-state index in [1.807, 2.05) is 35.0 Å². The van der Waals surface area contributed by atoms with Crippen LogP contribution in [0, 0.1) is 0 Å². The van der Waals surface area contributed by atoms with Crippen molar-refractivity contribution in [1.82, 2.24) is 10.2 Å². The van der Waals surface area contributed by atoms with Crippen molar-refractivity contribution in [3.63, 3.8) is 0 Å². The molecule has 0 saturated carbocycles. The van der Waals surface area contributed by atoms with Crippen molar-refractivity contribution in [2.45, 2.75) is 18.9 Å². The van der Waals surface area contributed by atoms with Crippen LogP contribution in [-0.4, -0.2) is 30.4 Å². The van der Waals surface area contributed by atoms with E-state index in [0.717, 1.165) is 25.2 Å². The van der Waals surface area contributed by atoms with Crippen LogP contribution in [0.5, 0.6) is 0 Å². The van der Waals surface area contributed by atoms with Crippen LogP contribution in [0.1, 0.15) is 34.8 Å². The lowest BCUT2D eigenvalue weighted by molar-refractivity contribution is 0.0927. The van der Waals surface area contributed by atoms with Crippen LogP contribution in [0.3, 0.4) is 0 Å². The van der Waals surface area contributed by atoms with Crippen LogP contribution in [0.15, 0.2) is 47.2 Å². The first-order chi connectivity index (χ1) is 10.3. The summed E-state index contributed by atoms with van der Waals surface area (Å²) in [6.07, 6.45) is 2.53. The quantitative estimate of drug-likeness (QED) is 0.919. The summed E-state index contributed by atoms with van der Waals surface area (Å²) in [4.78, 5) is 14.8. The Hall–Kier alpha value is -1.65. The molecule has 110 valence electrons. The summed E-state index contributed by atoms with van der Waals surface area (Å²) in [6.45, 7) is 3.16. The van der Waals surface area contributed by atoms with E-state index in [2.05, 4.69) is 22.3 Å². The molecule has 1 saturated heterocycles. The molecule has 0 spiro atoms. The van der Waals surface area contributed by atoms with Gasteiger partial charge < -0.3 is 10.2 Å². The van der Waals surface area contributed by atoms with Gasteiger partial charge in [0.05, 0.1) is 11.6 Å². The van der Waals surface area contributed by atoms with Gasteiger partial charge in [0.1, 0.15) is 0 Å². The zero-order valence-corrected chi connectivity index (χ0v) is 12.8. The van der Waals surface area contributed by atoms with Crippen LogP contribution in [0.25, 0.3) is 0 Å². The molecule has 1 N–H and O–H groups in total. The van der Waals surface area contributed by atoms with Gasteiger partial charge >= 0.3 is 0 Å². The fourth-order valence-electron chi connectivity index (χ4n) is 2.78. The molecule has 4 heteroatoms. The second-order valence-corrected chi connectivity index (χ2v) is 6.24. The number of benzene rings is 1. The molecular formula is C17H20N2OS. The van der Waals surface area contributed by atoms with Crippen LogP contribution < -0.4 is 5.32 Å². The summed E-state index contributed by atoms with van der Waals surface area (Å²) in [5.41, 5.74) is 1.93. The maximum Gasteiger partial charge on any atom is 0.252 e. The number of carbonyl (C=O) groups is 1. The van der Waals surface area contributed by atoms with E-state index in [1.165, 1.54) is 18.4 Å². The Morgan fingerprint density at radius 3 is 2.62 bits per heavy atom. The molecule has 1 unspecified atom stereocenters. The maximum atomic E-state index is 12.3. The first-order valence-corrected chi connectivity index (χ1v) is 8.37. The Kier molecular flexibility index (Phi) is 4.68. The number of nitrogens with zero attached hydrogens (tertiary/aromatic N) is 1. The second kappa shape index (κ2) is 6.87. The highest BCUT2D eigenvalue weighted by Gasteiger charge is 2.21. The molecule has 21 heavy (non-hydrogen) atoms. The molecule has 3 rings (SSSR count). The van der Waals surface area contributed by atoms with Crippen molar-refractivity contribution in [2.24, 2.45) is 0 Å². The number of nitrogens with one attached hydrogen (secondary N) is 1. The Morgan fingerprint density at radius 1 is 1.19 bits per heavy atom. The SMILES string of the molecule is O=C(NC(CN1CCCC1)c1ccccc1)c1ccsc1. The minimum Gasteiger partial charge on any atom is -0.344 e. The van der Waals surface area contributed by atoms with Gasteiger partial charge in [-0.25, -0.2) is 0 Å². The third kappa shape index (κ3) is 3.71. The number of amides is 1. The van der Waals surface area contributed by atoms with Crippen LogP contribution in [0.2, 0.25) is 0 Å². The Morgan fingerprint density at radius 2 is 1.95 bits per heavy atom. The molecule has 1 aliphatic heterocycles. The molecule has 2 heterocycles. The number of hydrogen-bond donors (Lipinski definition) is 1. The van der Waals surface area contributed by atoms with Crippen LogP contribution >= 0.6 is 11.3 Å². The molecule has 1 fully saturated rings. The highest BCUT2D eigenvalue weighted by molar-refractivity contribution is 7.08. The van der Waals surface area contributed by atoms with E-state index in [9.17, 15) is 4.79 Å². The van der Waals surface area contributed by atoms with Gasteiger partial charge in [0, 0.05) is 11.9 Å². The average Bonchev–Trinajstić information content (AvgIpc) is 3.21. The predicted octanol–water partition coefficient (Wildman–Crippen LogP) is 3.32. The van der Waals surface area contributed by atoms with Gasteiger partial charge in [-0.1, -0.05) is 30.3 Å². The van der Waals surface area contributed by atoms with Gasteiger partial charge in [0.15, 0.2) is 0 Å². The molecule has 1 atom stereocenters. The highest BCUT2D eigenvalue weighted by Crippen LogP contribution is 2.18. The smallest absolute Gasteiger partial charge is 0.252 e. The van der Waals surface area contributed by atoms with Gasteiger partial charge in [-0.15, -0.1) is 0 Å². The van der Waals surface area contributed by atoms with Crippen molar-refractivity contribution in [1.29, 1.82) is 0 Å². The Balaban J connectivity index is 1.73. The largest absolute Gasteiger partial charge is 0.344 e. The summed E-state index contributed by atoms with van der Waals surface area (Å²) in [5.74, 6) is 0.0179. The number of carbonyl (C=O) groups excluding carboxylic acids is 1. The second-order valence-electron chi connectivity index (χ2n) is 5.46. The summed E-state index contributed by atoms with van der Waals surface area (Å²) < 4.78 is 0. The fraction of sp³-hybridized carbons (Fsp3) is 0.353. The van der Waals surface area contributed by atoms with E-state index in [-0.39, 0.29) is 11.9 Å². The third-order valence-corrected chi connectivity index (χ3v) is 4.61. The van der Waals surface area contributed by atoms with Crippen molar-refractivity contribution < 1.29 is 4.79 Å². The summed E-state index contributed by atoms with van der Waals surface area (Å²) in [5, 5.41) is 7.02. The van der Waals surface area contributed by atoms with Crippen molar-refractivity contribution in [2.75, 3.05) is 19.6 Å². The summed E-state index contributed by atoms with van der Waals surface area (Å²) in [6, 6.07) is 12.2. The Labute approximate surface area is 129 Å². The van der Waals surface area contributed by atoms with Gasteiger partial charge in [0.25, 0.3) is 5.91 Å². The molecular weight excluding hydrogens is 280 g/mol. The van der Waals surface area contributed by atoms with Crippen LogP contribution in [0.4, 0.5) is 0 Å². The Bertz CT molecular complexity index is 562. The molecule has 3 nitrogen and oxygen atoms in total. The highest BCUT2D eigenvalue weighted by atomic mass is 32.1. The molecule has 1 aromatic carbocycles. The first-order valence-electron chi connectivity index (χ1n) is 7.43. The minimum atomic E-state index is 0.0179. The zero-order valence-electron chi connectivity index (χ0n) is 12.0.